The number of amides is 4. The maximum Gasteiger partial charge on any atom is 0.328 e. The molecule has 2 N–H and O–H groups in total. The highest BCUT2D eigenvalue weighted by Gasteiger charge is 2.20. The Morgan fingerprint density at radius 3 is 1.78 bits per heavy atom. The number of urea groups is 1. The average Bonchev–Trinajstić information content (AvgIpc) is 1.59. The third-order valence-corrected chi connectivity index (χ3v) is 0.736. The molecule has 0 atom stereocenters. The molecule has 1 rings (SSSR count). The summed E-state index contributed by atoms with van der Waals surface area (Å²) in [4.78, 5) is 30.7. The first-order valence-electron chi connectivity index (χ1n) is 2.19. The van der Waals surface area contributed by atoms with Crippen molar-refractivity contribution in [2.45, 2.75) is 0 Å². The summed E-state index contributed by atoms with van der Waals surface area (Å²) in [7, 11) is 0. The second-order valence-corrected chi connectivity index (χ2v) is 1.45. The topological polar surface area (TPSA) is 75.3 Å². The van der Waals surface area contributed by atoms with Crippen LogP contribution in [0.1, 0.15) is 0 Å². The summed E-state index contributed by atoms with van der Waals surface area (Å²) in [5.41, 5.74) is 0. The van der Waals surface area contributed by atoms with Crippen molar-refractivity contribution in [3.8, 4) is 0 Å². The number of imide groups is 2. The van der Waals surface area contributed by atoms with E-state index in [-0.39, 0.29) is 0 Å². The van der Waals surface area contributed by atoms with Crippen molar-refractivity contribution in [2.75, 3.05) is 0 Å². The molecule has 0 bridgehead atoms. The fourth-order valence-corrected chi connectivity index (χ4v) is 0.446. The van der Waals surface area contributed by atoms with Crippen LogP contribution in [0.4, 0.5) is 4.79 Å². The van der Waals surface area contributed by atoms with Crippen LogP contribution in [-0.4, -0.2) is 17.8 Å². The number of carbonyl (C=O) groups excluding carboxylic acids is 3. The Labute approximate surface area is 50.4 Å². The lowest BCUT2D eigenvalue weighted by Gasteiger charge is -2.08. The Bertz CT molecular complexity index is 141. The van der Waals surface area contributed by atoms with Gasteiger partial charge in [0.1, 0.15) is 6.42 Å². The van der Waals surface area contributed by atoms with E-state index in [2.05, 4.69) is 0 Å². The maximum atomic E-state index is 10.2. The van der Waals surface area contributed by atoms with E-state index in [4.69, 9.17) is 0 Å². The predicted octanol–water partition coefficient (Wildman–Crippen LogP) is -1.44. The molecule has 1 radical (unpaired) electrons. The lowest BCUT2D eigenvalue weighted by atomic mass is 10.3. The summed E-state index contributed by atoms with van der Waals surface area (Å²) in [6.07, 6.45) is 0.765. The summed E-state index contributed by atoms with van der Waals surface area (Å²) in [6.45, 7) is 0. The molecule has 5 nitrogen and oxygen atoms in total. The molecule has 1 aliphatic heterocycles. The Hall–Kier alpha value is -1.39. The number of barbiturate groups is 1. The monoisotopic (exact) mass is 127 g/mol. The van der Waals surface area contributed by atoms with Gasteiger partial charge in [-0.25, -0.2) is 4.79 Å². The van der Waals surface area contributed by atoms with E-state index in [1.807, 2.05) is 10.6 Å². The minimum atomic E-state index is -0.771. The van der Waals surface area contributed by atoms with E-state index in [0.29, 0.717) is 0 Å². The molecule has 1 heterocycles. The zero-order valence-corrected chi connectivity index (χ0v) is 4.30. The molecule has 1 saturated heterocycles. The zero-order valence-electron chi connectivity index (χ0n) is 4.30. The van der Waals surface area contributed by atoms with Crippen LogP contribution in [0, 0.1) is 6.42 Å². The standard InChI is InChI=1S/C4H3N2O3/c7-2-1-3(8)6-4(9)5-2/h1H,(H2,5,6,7,8,9). The smallest absolute Gasteiger partial charge is 0.277 e. The molecule has 0 unspecified atom stereocenters. The van der Waals surface area contributed by atoms with E-state index in [1.54, 1.807) is 0 Å². The number of nitrogens with one attached hydrogen (secondary N) is 2. The number of carbonyl (C=O) groups is 3. The van der Waals surface area contributed by atoms with Gasteiger partial charge >= 0.3 is 6.03 Å². The predicted molar refractivity (Wildman–Crippen MR) is 26.0 cm³/mol. The molecule has 0 saturated carbocycles. The van der Waals surface area contributed by atoms with Crippen molar-refractivity contribution in [2.24, 2.45) is 0 Å². The van der Waals surface area contributed by atoms with Crippen molar-refractivity contribution in [1.82, 2.24) is 10.6 Å². The fourth-order valence-electron chi connectivity index (χ4n) is 0.446. The lowest BCUT2D eigenvalue weighted by molar-refractivity contribution is -0.124. The molecular formula is C4H3N2O3. The molecule has 1 aliphatic rings. The van der Waals surface area contributed by atoms with Crippen LogP contribution in [0.5, 0.6) is 0 Å². The van der Waals surface area contributed by atoms with Gasteiger partial charge in [0.15, 0.2) is 0 Å². The second-order valence-electron chi connectivity index (χ2n) is 1.45. The van der Waals surface area contributed by atoms with Crippen LogP contribution in [0.3, 0.4) is 0 Å². The lowest BCUT2D eigenvalue weighted by Crippen LogP contribution is -2.50. The van der Waals surface area contributed by atoms with Gasteiger partial charge in [-0.2, -0.15) is 0 Å². The van der Waals surface area contributed by atoms with Gasteiger partial charge in [-0.3, -0.25) is 20.2 Å². The molecule has 5 heteroatoms. The number of hydrogen-bond donors (Lipinski definition) is 2. The van der Waals surface area contributed by atoms with Crippen LogP contribution >= 0.6 is 0 Å². The minimum absolute atomic E-state index is 0.677. The van der Waals surface area contributed by atoms with Crippen molar-refractivity contribution in [3.05, 3.63) is 6.42 Å². The van der Waals surface area contributed by atoms with Gasteiger partial charge in [0.2, 0.25) is 11.8 Å². The van der Waals surface area contributed by atoms with Crippen molar-refractivity contribution < 1.29 is 14.4 Å². The Morgan fingerprint density at radius 1 is 1.00 bits per heavy atom. The first-order chi connectivity index (χ1) is 4.18. The normalized spacial score (nSPS) is 18.9. The molecule has 0 aromatic heterocycles. The summed E-state index contributed by atoms with van der Waals surface area (Å²) in [5.74, 6) is -1.35. The van der Waals surface area contributed by atoms with Gasteiger partial charge in [0, 0.05) is 0 Å². The highest BCUT2D eigenvalue weighted by Crippen LogP contribution is 1.84. The molecule has 47 valence electrons. The summed E-state index contributed by atoms with van der Waals surface area (Å²) in [5, 5.41) is 3.69. The quantitative estimate of drug-likeness (QED) is 0.418. The van der Waals surface area contributed by atoms with Crippen LogP contribution < -0.4 is 10.6 Å². The number of rotatable bonds is 0. The average molecular weight is 127 g/mol. The van der Waals surface area contributed by atoms with Gasteiger partial charge in [-0.15, -0.1) is 0 Å². The first kappa shape index (κ1) is 5.74. The molecule has 0 aliphatic carbocycles. The van der Waals surface area contributed by atoms with Crippen molar-refractivity contribution in [1.29, 1.82) is 0 Å². The van der Waals surface area contributed by atoms with E-state index < -0.39 is 17.8 Å². The Balaban J connectivity index is 2.64. The van der Waals surface area contributed by atoms with Gasteiger partial charge in [-0.1, -0.05) is 0 Å². The first-order valence-corrected chi connectivity index (χ1v) is 2.19. The molecular weight excluding hydrogens is 124 g/mol. The molecule has 0 aromatic rings. The molecule has 0 aromatic carbocycles. The Kier molecular flexibility index (Phi) is 1.18. The van der Waals surface area contributed by atoms with E-state index in [1.165, 1.54) is 0 Å². The maximum absolute atomic E-state index is 10.2. The number of hydrogen-bond acceptors (Lipinski definition) is 3. The molecule has 9 heavy (non-hydrogen) atoms. The van der Waals surface area contributed by atoms with Gasteiger partial charge < -0.3 is 0 Å². The SMILES string of the molecule is O=C1[CH]C(=O)NC(=O)N1. The summed E-state index contributed by atoms with van der Waals surface area (Å²) >= 11 is 0. The van der Waals surface area contributed by atoms with E-state index in [9.17, 15) is 14.4 Å². The van der Waals surface area contributed by atoms with Crippen LogP contribution in [0.2, 0.25) is 0 Å². The highest BCUT2D eigenvalue weighted by atomic mass is 16.2. The van der Waals surface area contributed by atoms with Crippen LogP contribution in [0.15, 0.2) is 0 Å². The molecule has 1 fully saturated rings. The fraction of sp³-hybridized carbons (Fsp3) is 0. The van der Waals surface area contributed by atoms with E-state index >= 15 is 0 Å². The second kappa shape index (κ2) is 1.85. The Morgan fingerprint density at radius 2 is 1.44 bits per heavy atom. The zero-order chi connectivity index (χ0) is 6.85. The van der Waals surface area contributed by atoms with Crippen molar-refractivity contribution in [3.63, 3.8) is 0 Å². The molecule has 4 amide bonds. The summed E-state index contributed by atoms with van der Waals surface area (Å²) in [6, 6.07) is -0.771. The largest absolute Gasteiger partial charge is 0.328 e. The third kappa shape index (κ3) is 1.25. The van der Waals surface area contributed by atoms with Crippen LogP contribution in [-0.2, 0) is 9.59 Å². The van der Waals surface area contributed by atoms with Crippen LogP contribution in [0.25, 0.3) is 0 Å². The van der Waals surface area contributed by atoms with Gasteiger partial charge in [0.05, 0.1) is 0 Å². The van der Waals surface area contributed by atoms with Crippen molar-refractivity contribution >= 4 is 17.8 Å². The third-order valence-electron chi connectivity index (χ3n) is 0.736. The van der Waals surface area contributed by atoms with Gasteiger partial charge in [-0.05, 0) is 0 Å². The van der Waals surface area contributed by atoms with Gasteiger partial charge in [0.25, 0.3) is 0 Å². The van der Waals surface area contributed by atoms with E-state index in [0.717, 1.165) is 6.42 Å². The highest BCUT2D eigenvalue weighted by molar-refractivity contribution is 6.21. The minimum Gasteiger partial charge on any atom is -0.277 e. The molecule has 0 spiro atoms. The summed E-state index contributed by atoms with van der Waals surface area (Å²) < 4.78 is 0.